The van der Waals surface area contributed by atoms with Crippen LogP contribution < -0.4 is 0 Å². The number of rotatable bonds is 7. The molecule has 49 heavy (non-hydrogen) atoms. The predicted octanol–water partition coefficient (Wildman–Crippen LogP) is 12.7. The Kier molecular flexibility index (Phi) is 7.48. The zero-order chi connectivity index (χ0) is 32.6. The van der Waals surface area contributed by atoms with Crippen molar-refractivity contribution in [2.45, 2.75) is 18.3 Å². The lowest BCUT2D eigenvalue weighted by atomic mass is 9.84. The van der Waals surface area contributed by atoms with Crippen LogP contribution in [0.1, 0.15) is 45.2 Å². The van der Waals surface area contributed by atoms with Gasteiger partial charge in [0.15, 0.2) is 0 Å². The van der Waals surface area contributed by atoms with E-state index in [-0.39, 0.29) is 11.8 Å². The molecule has 8 aromatic carbocycles. The first-order chi connectivity index (χ1) is 24.3. The van der Waals surface area contributed by atoms with Gasteiger partial charge in [-0.3, -0.25) is 0 Å². The predicted molar refractivity (Wildman–Crippen MR) is 206 cm³/mol. The summed E-state index contributed by atoms with van der Waals surface area (Å²) in [5.41, 5.74) is 15.9. The minimum absolute atomic E-state index is 0.242. The molecule has 0 aliphatic heterocycles. The second-order valence-corrected chi connectivity index (χ2v) is 13.3. The van der Waals surface area contributed by atoms with Gasteiger partial charge in [0.1, 0.15) is 0 Å². The Morgan fingerprint density at radius 2 is 0.939 bits per heavy atom. The molecule has 0 heterocycles. The molecular weight excluding hydrogens is 589 g/mol. The van der Waals surface area contributed by atoms with Gasteiger partial charge in [-0.15, -0.1) is 0 Å². The second kappa shape index (κ2) is 12.6. The van der Waals surface area contributed by atoms with E-state index in [1.165, 1.54) is 77.5 Å². The molecule has 0 N–H and O–H groups in total. The highest BCUT2D eigenvalue weighted by Gasteiger charge is 2.29. The van der Waals surface area contributed by atoms with E-state index >= 15 is 0 Å². The van der Waals surface area contributed by atoms with E-state index in [1.54, 1.807) is 0 Å². The van der Waals surface area contributed by atoms with Gasteiger partial charge in [0.2, 0.25) is 0 Å². The third kappa shape index (κ3) is 5.56. The lowest BCUT2D eigenvalue weighted by molar-refractivity contribution is 0.807. The molecule has 8 aromatic rings. The van der Waals surface area contributed by atoms with Gasteiger partial charge in [0.25, 0.3) is 0 Å². The Bertz CT molecular complexity index is 2380. The SMILES string of the molecule is c1ccc(-c2ccc(C(Cc3ccc(-c4ccc5c(c4)-c4ccccc4C5c4ccccc4)cc3)c3ccc4ccccc4c3)cc2)cc1. The van der Waals surface area contributed by atoms with Gasteiger partial charge in [-0.2, -0.15) is 0 Å². The molecule has 0 saturated heterocycles. The summed E-state index contributed by atoms with van der Waals surface area (Å²) in [6.45, 7) is 0. The number of benzene rings is 8. The summed E-state index contributed by atoms with van der Waals surface area (Å²) in [6.07, 6.45) is 0.930. The summed E-state index contributed by atoms with van der Waals surface area (Å²) in [7, 11) is 0. The Balaban J connectivity index is 1.04. The Morgan fingerprint density at radius 1 is 0.367 bits per heavy atom. The van der Waals surface area contributed by atoms with Gasteiger partial charge < -0.3 is 0 Å². The van der Waals surface area contributed by atoms with Crippen LogP contribution in [0.2, 0.25) is 0 Å². The van der Waals surface area contributed by atoms with Gasteiger partial charge in [-0.05, 0) is 90.0 Å². The highest BCUT2D eigenvalue weighted by molar-refractivity contribution is 5.85. The molecule has 1 aliphatic rings. The normalized spacial score (nSPS) is 13.9. The molecule has 0 amide bonds. The van der Waals surface area contributed by atoms with Gasteiger partial charge in [-0.1, -0.05) is 188 Å². The molecule has 0 heteroatoms. The van der Waals surface area contributed by atoms with E-state index in [0.717, 1.165) is 6.42 Å². The fourth-order valence-corrected chi connectivity index (χ4v) is 7.85. The van der Waals surface area contributed by atoms with Crippen molar-refractivity contribution in [2.24, 2.45) is 0 Å². The zero-order valence-electron chi connectivity index (χ0n) is 27.3. The Hall–Kier alpha value is -5.98. The van der Waals surface area contributed by atoms with Crippen molar-refractivity contribution in [2.75, 3.05) is 0 Å². The van der Waals surface area contributed by atoms with Crippen molar-refractivity contribution in [3.8, 4) is 33.4 Å². The van der Waals surface area contributed by atoms with Crippen LogP contribution in [0.25, 0.3) is 44.2 Å². The van der Waals surface area contributed by atoms with Crippen LogP contribution in [0, 0.1) is 0 Å². The third-order valence-electron chi connectivity index (χ3n) is 10.4. The van der Waals surface area contributed by atoms with Crippen molar-refractivity contribution in [1.29, 1.82) is 0 Å². The summed E-state index contributed by atoms with van der Waals surface area (Å²) in [5, 5.41) is 2.56. The average Bonchev–Trinajstić information content (AvgIpc) is 3.51. The standard InChI is InChI=1S/C49H36/c1-3-11-35(12-4-1)37-23-26-39(27-24-37)47(43-28-25-36-13-7-8-16-41(36)32-43)31-34-19-21-38(22-20-34)42-29-30-46-48(33-42)44-17-9-10-18-45(44)49(46)40-14-5-2-6-15-40/h1-30,32-33,47,49H,31H2. The summed E-state index contributed by atoms with van der Waals surface area (Å²) in [4.78, 5) is 0. The molecule has 1 aliphatic carbocycles. The first-order valence-electron chi connectivity index (χ1n) is 17.3. The Labute approximate surface area is 289 Å². The first-order valence-corrected chi connectivity index (χ1v) is 17.3. The van der Waals surface area contributed by atoms with Crippen LogP contribution in [0.4, 0.5) is 0 Å². The van der Waals surface area contributed by atoms with Crippen LogP contribution in [0.3, 0.4) is 0 Å². The number of hydrogen-bond acceptors (Lipinski definition) is 0. The van der Waals surface area contributed by atoms with Gasteiger partial charge in [0.05, 0.1) is 0 Å². The van der Waals surface area contributed by atoms with E-state index in [1.807, 2.05) is 0 Å². The molecule has 0 bridgehead atoms. The Morgan fingerprint density at radius 3 is 1.73 bits per heavy atom. The molecule has 0 radical (unpaired) electrons. The smallest absolute Gasteiger partial charge is 0.0352 e. The van der Waals surface area contributed by atoms with Gasteiger partial charge in [-0.25, -0.2) is 0 Å². The molecule has 0 spiro atoms. The third-order valence-corrected chi connectivity index (χ3v) is 10.4. The molecule has 0 aromatic heterocycles. The van der Waals surface area contributed by atoms with E-state index in [9.17, 15) is 0 Å². The number of fused-ring (bicyclic) bond motifs is 4. The minimum Gasteiger partial charge on any atom is -0.0622 e. The van der Waals surface area contributed by atoms with Crippen LogP contribution in [-0.4, -0.2) is 0 Å². The van der Waals surface area contributed by atoms with Crippen molar-refractivity contribution >= 4 is 10.8 Å². The average molecular weight is 625 g/mol. The highest BCUT2D eigenvalue weighted by Crippen LogP contribution is 2.49. The molecule has 232 valence electrons. The molecule has 0 fully saturated rings. The maximum atomic E-state index is 2.40. The van der Waals surface area contributed by atoms with Gasteiger partial charge >= 0.3 is 0 Å². The largest absolute Gasteiger partial charge is 0.0622 e. The molecule has 9 rings (SSSR count). The van der Waals surface area contributed by atoms with Crippen LogP contribution in [-0.2, 0) is 6.42 Å². The first kappa shape index (κ1) is 29.2. The van der Waals surface area contributed by atoms with Crippen LogP contribution in [0.15, 0.2) is 194 Å². The summed E-state index contributed by atoms with van der Waals surface area (Å²) in [6, 6.07) is 71.6. The van der Waals surface area contributed by atoms with E-state index in [2.05, 4.69) is 194 Å². The summed E-state index contributed by atoms with van der Waals surface area (Å²) < 4.78 is 0. The molecular formula is C49H36. The van der Waals surface area contributed by atoms with Crippen molar-refractivity contribution in [1.82, 2.24) is 0 Å². The zero-order valence-corrected chi connectivity index (χ0v) is 27.3. The number of hydrogen-bond donors (Lipinski definition) is 0. The molecule has 0 nitrogen and oxygen atoms in total. The second-order valence-electron chi connectivity index (χ2n) is 13.3. The van der Waals surface area contributed by atoms with Crippen molar-refractivity contribution in [3.05, 3.63) is 228 Å². The maximum absolute atomic E-state index is 2.40. The van der Waals surface area contributed by atoms with E-state index in [0.29, 0.717) is 0 Å². The summed E-state index contributed by atoms with van der Waals surface area (Å²) >= 11 is 0. The minimum atomic E-state index is 0.242. The summed E-state index contributed by atoms with van der Waals surface area (Å²) in [5.74, 6) is 0.518. The van der Waals surface area contributed by atoms with Crippen molar-refractivity contribution < 1.29 is 0 Å². The highest BCUT2D eigenvalue weighted by atomic mass is 14.3. The lowest BCUT2D eigenvalue weighted by Gasteiger charge is -2.20. The maximum Gasteiger partial charge on any atom is 0.0352 e. The van der Waals surface area contributed by atoms with Crippen LogP contribution in [0.5, 0.6) is 0 Å². The molecule has 2 atom stereocenters. The quantitative estimate of drug-likeness (QED) is 0.165. The topological polar surface area (TPSA) is 0 Å². The van der Waals surface area contributed by atoms with E-state index < -0.39 is 0 Å². The molecule has 2 unspecified atom stereocenters. The lowest BCUT2D eigenvalue weighted by Crippen LogP contribution is -2.05. The molecule has 0 saturated carbocycles. The van der Waals surface area contributed by atoms with E-state index in [4.69, 9.17) is 0 Å². The fourth-order valence-electron chi connectivity index (χ4n) is 7.85. The van der Waals surface area contributed by atoms with Crippen molar-refractivity contribution in [3.63, 3.8) is 0 Å². The fraction of sp³-hybridized carbons (Fsp3) is 0.0612. The monoisotopic (exact) mass is 624 g/mol. The van der Waals surface area contributed by atoms with Gasteiger partial charge in [0, 0.05) is 11.8 Å². The van der Waals surface area contributed by atoms with Crippen LogP contribution >= 0.6 is 0 Å².